The Hall–Kier alpha value is -0.820. The predicted molar refractivity (Wildman–Crippen MR) is 119 cm³/mol. The molecule has 0 radical (unpaired) electrons. The van der Waals surface area contributed by atoms with Gasteiger partial charge in [-0.3, -0.25) is 4.99 Å². The second kappa shape index (κ2) is 9.40. The fraction of sp³-hybridized carbons (Fsp3) is 0.667. The van der Waals surface area contributed by atoms with E-state index in [0.29, 0.717) is 12.0 Å². The van der Waals surface area contributed by atoms with Gasteiger partial charge in [-0.15, -0.1) is 24.0 Å². The minimum Gasteiger partial charge on any atom is -0.353 e. The molecule has 5 heteroatoms. The van der Waals surface area contributed by atoms with Crippen molar-refractivity contribution >= 4 is 29.9 Å². The van der Waals surface area contributed by atoms with Crippen molar-refractivity contribution in [3.63, 3.8) is 0 Å². The lowest BCUT2D eigenvalue weighted by Gasteiger charge is -2.24. The highest BCUT2D eigenvalue weighted by Gasteiger charge is 2.40. The molecule has 3 unspecified atom stereocenters. The van der Waals surface area contributed by atoms with Gasteiger partial charge in [-0.05, 0) is 57.2 Å². The van der Waals surface area contributed by atoms with Crippen molar-refractivity contribution in [2.45, 2.75) is 44.6 Å². The number of likely N-dealkylation sites (tertiary alicyclic amines) is 2. The molecule has 1 aliphatic carbocycles. The molecule has 0 spiro atoms. The number of benzene rings is 1. The van der Waals surface area contributed by atoms with E-state index >= 15 is 0 Å². The van der Waals surface area contributed by atoms with Gasteiger partial charge in [0.05, 0.1) is 0 Å². The third-order valence-electron chi connectivity index (χ3n) is 5.94. The molecule has 1 saturated carbocycles. The van der Waals surface area contributed by atoms with E-state index in [0.717, 1.165) is 25.0 Å². The van der Waals surface area contributed by atoms with Crippen LogP contribution < -0.4 is 5.32 Å². The van der Waals surface area contributed by atoms with Crippen LogP contribution >= 0.6 is 24.0 Å². The first kappa shape index (κ1) is 19.9. The highest BCUT2D eigenvalue weighted by Crippen LogP contribution is 2.40. The molecular weight excluding hydrogens is 435 g/mol. The Bertz CT molecular complexity index is 585. The van der Waals surface area contributed by atoms with Crippen LogP contribution in [-0.2, 0) is 0 Å². The second-order valence-electron chi connectivity index (χ2n) is 7.91. The van der Waals surface area contributed by atoms with Gasteiger partial charge in [0.15, 0.2) is 5.96 Å². The molecule has 4 nitrogen and oxygen atoms in total. The van der Waals surface area contributed by atoms with Crippen molar-refractivity contribution in [2.75, 3.05) is 39.3 Å². The largest absolute Gasteiger partial charge is 0.353 e. The van der Waals surface area contributed by atoms with E-state index in [1.54, 1.807) is 0 Å². The minimum atomic E-state index is 0. The lowest BCUT2D eigenvalue weighted by atomic mass is 10.1. The number of rotatable bonds is 5. The van der Waals surface area contributed by atoms with Crippen LogP contribution in [-0.4, -0.2) is 61.1 Å². The zero-order valence-corrected chi connectivity index (χ0v) is 18.3. The SMILES string of the molecule is CCN=C(NC1CC1c1ccccc1)N1CCC(CN2CCCC2)C1.I. The average Bonchev–Trinajstić information content (AvgIpc) is 3.00. The number of nitrogens with zero attached hydrogens (tertiary/aromatic N) is 3. The molecule has 3 fully saturated rings. The standard InChI is InChI=1S/C21H32N4.HI/c1-2-22-21(23-20-14-19(20)18-8-4-3-5-9-18)25-13-10-17(16-25)15-24-11-6-7-12-24;/h3-5,8-9,17,19-20H,2,6-7,10-16H2,1H3,(H,22,23);1H. The maximum atomic E-state index is 4.80. The Morgan fingerprint density at radius 3 is 2.65 bits per heavy atom. The molecule has 1 aromatic rings. The number of aliphatic imine (C=N–C) groups is 1. The van der Waals surface area contributed by atoms with Crippen LogP contribution in [0.15, 0.2) is 35.3 Å². The van der Waals surface area contributed by atoms with Crippen LogP contribution in [0.25, 0.3) is 0 Å². The van der Waals surface area contributed by atoms with Gasteiger partial charge in [-0.1, -0.05) is 30.3 Å². The van der Waals surface area contributed by atoms with Gasteiger partial charge in [-0.2, -0.15) is 0 Å². The Kier molecular flexibility index (Phi) is 7.20. The molecule has 0 bridgehead atoms. The third kappa shape index (κ3) is 4.91. The van der Waals surface area contributed by atoms with Gasteiger partial charge in [0.2, 0.25) is 0 Å². The number of guanidine groups is 1. The van der Waals surface area contributed by atoms with E-state index in [-0.39, 0.29) is 24.0 Å². The number of hydrogen-bond acceptors (Lipinski definition) is 2. The van der Waals surface area contributed by atoms with E-state index in [4.69, 9.17) is 4.99 Å². The van der Waals surface area contributed by atoms with Crippen molar-refractivity contribution in [3.8, 4) is 0 Å². The van der Waals surface area contributed by atoms with E-state index in [1.807, 2.05) is 0 Å². The molecule has 1 N–H and O–H groups in total. The minimum absolute atomic E-state index is 0. The topological polar surface area (TPSA) is 30.9 Å². The van der Waals surface area contributed by atoms with Crippen LogP contribution in [0.1, 0.15) is 44.1 Å². The van der Waals surface area contributed by atoms with Gasteiger partial charge in [0.25, 0.3) is 0 Å². The summed E-state index contributed by atoms with van der Waals surface area (Å²) in [6.07, 6.45) is 5.33. The summed E-state index contributed by atoms with van der Waals surface area (Å²) in [4.78, 5) is 9.96. The van der Waals surface area contributed by atoms with Crippen molar-refractivity contribution in [3.05, 3.63) is 35.9 Å². The molecule has 0 amide bonds. The summed E-state index contributed by atoms with van der Waals surface area (Å²) in [5.41, 5.74) is 1.46. The monoisotopic (exact) mass is 468 g/mol. The average molecular weight is 468 g/mol. The quantitative estimate of drug-likeness (QED) is 0.408. The van der Waals surface area contributed by atoms with Crippen molar-refractivity contribution in [2.24, 2.45) is 10.9 Å². The van der Waals surface area contributed by atoms with Crippen LogP contribution in [0, 0.1) is 5.92 Å². The normalized spacial score (nSPS) is 28.9. The summed E-state index contributed by atoms with van der Waals surface area (Å²) in [5.74, 6) is 2.62. The maximum absolute atomic E-state index is 4.80. The number of nitrogens with one attached hydrogen (secondary N) is 1. The molecule has 3 atom stereocenters. The van der Waals surface area contributed by atoms with Gasteiger partial charge in [-0.25, -0.2) is 0 Å². The molecule has 26 heavy (non-hydrogen) atoms. The second-order valence-corrected chi connectivity index (χ2v) is 7.91. The first-order chi connectivity index (χ1) is 12.3. The summed E-state index contributed by atoms with van der Waals surface area (Å²) in [6, 6.07) is 11.5. The molecule has 0 aromatic heterocycles. The van der Waals surface area contributed by atoms with E-state index in [1.165, 1.54) is 57.4 Å². The lowest BCUT2D eigenvalue weighted by molar-refractivity contribution is 0.281. The van der Waals surface area contributed by atoms with Crippen LogP contribution in [0.5, 0.6) is 0 Å². The Morgan fingerprint density at radius 2 is 1.92 bits per heavy atom. The highest BCUT2D eigenvalue weighted by molar-refractivity contribution is 14.0. The van der Waals surface area contributed by atoms with Crippen molar-refractivity contribution < 1.29 is 0 Å². The zero-order valence-electron chi connectivity index (χ0n) is 15.9. The van der Waals surface area contributed by atoms with Gasteiger partial charge >= 0.3 is 0 Å². The van der Waals surface area contributed by atoms with Crippen molar-refractivity contribution in [1.82, 2.24) is 15.1 Å². The number of hydrogen-bond donors (Lipinski definition) is 1. The lowest BCUT2D eigenvalue weighted by Crippen LogP contribution is -2.42. The molecule has 2 saturated heterocycles. The summed E-state index contributed by atoms with van der Waals surface area (Å²) in [6.45, 7) is 9.24. The molecular formula is C21H33IN4. The molecule has 4 rings (SSSR count). The van der Waals surface area contributed by atoms with Crippen LogP contribution in [0.2, 0.25) is 0 Å². The van der Waals surface area contributed by atoms with Gasteiger partial charge in [0, 0.05) is 38.1 Å². The summed E-state index contributed by atoms with van der Waals surface area (Å²) in [7, 11) is 0. The first-order valence-electron chi connectivity index (χ1n) is 10.2. The summed E-state index contributed by atoms with van der Waals surface area (Å²) >= 11 is 0. The Morgan fingerprint density at radius 1 is 1.15 bits per heavy atom. The maximum Gasteiger partial charge on any atom is 0.194 e. The fourth-order valence-electron chi connectivity index (χ4n) is 4.48. The fourth-order valence-corrected chi connectivity index (χ4v) is 4.48. The van der Waals surface area contributed by atoms with Gasteiger partial charge < -0.3 is 15.1 Å². The van der Waals surface area contributed by atoms with Crippen LogP contribution in [0.4, 0.5) is 0 Å². The van der Waals surface area contributed by atoms with E-state index in [2.05, 4.69) is 52.4 Å². The Balaban J connectivity index is 0.00000196. The van der Waals surface area contributed by atoms with Crippen molar-refractivity contribution in [1.29, 1.82) is 0 Å². The third-order valence-corrected chi connectivity index (χ3v) is 5.94. The van der Waals surface area contributed by atoms with Gasteiger partial charge in [0.1, 0.15) is 0 Å². The number of halogens is 1. The Labute approximate surface area is 175 Å². The summed E-state index contributed by atoms with van der Waals surface area (Å²) in [5, 5.41) is 3.76. The predicted octanol–water partition coefficient (Wildman–Crippen LogP) is 3.54. The molecule has 2 heterocycles. The molecule has 144 valence electrons. The van der Waals surface area contributed by atoms with E-state index in [9.17, 15) is 0 Å². The zero-order chi connectivity index (χ0) is 17.1. The highest BCUT2D eigenvalue weighted by atomic mass is 127. The molecule has 3 aliphatic rings. The smallest absolute Gasteiger partial charge is 0.194 e. The first-order valence-corrected chi connectivity index (χ1v) is 10.2. The summed E-state index contributed by atoms with van der Waals surface area (Å²) < 4.78 is 0. The molecule has 1 aromatic carbocycles. The van der Waals surface area contributed by atoms with Crippen LogP contribution in [0.3, 0.4) is 0 Å². The molecule has 2 aliphatic heterocycles. The van der Waals surface area contributed by atoms with E-state index < -0.39 is 0 Å².